The van der Waals surface area contributed by atoms with E-state index in [1.807, 2.05) is 0 Å². The van der Waals surface area contributed by atoms with Gasteiger partial charge in [0.15, 0.2) is 17.2 Å². The van der Waals surface area contributed by atoms with E-state index in [0.717, 1.165) is 11.8 Å². The van der Waals surface area contributed by atoms with Crippen molar-refractivity contribution >= 4 is 39.3 Å². The largest absolute Gasteiger partial charge is 0.450 e. The molecule has 0 radical (unpaired) electrons. The predicted octanol–water partition coefficient (Wildman–Crippen LogP) is 2.35. The Bertz CT molecular complexity index is 976. The van der Waals surface area contributed by atoms with Crippen molar-refractivity contribution in [3.05, 3.63) is 57.4 Å². The maximum absolute atomic E-state index is 12.0. The van der Waals surface area contributed by atoms with Crippen LogP contribution in [0.5, 0.6) is 0 Å². The molecule has 122 valence electrons. The molecule has 0 aliphatic carbocycles. The molecular weight excluding hydrogens is 332 g/mol. The number of hydrogen-bond acceptors (Lipinski definition) is 7. The van der Waals surface area contributed by atoms with Crippen molar-refractivity contribution in [1.82, 2.24) is 4.98 Å². The number of para-hydroxylation sites is 1. The van der Waals surface area contributed by atoms with Crippen molar-refractivity contribution in [2.24, 2.45) is 0 Å². The number of thiazole rings is 1. The Morgan fingerprint density at radius 3 is 2.88 bits per heavy atom. The lowest BCUT2D eigenvalue weighted by molar-refractivity contribution is -0.119. The summed E-state index contributed by atoms with van der Waals surface area (Å²) in [5.41, 5.74) is 0.705. The van der Waals surface area contributed by atoms with Crippen molar-refractivity contribution in [2.75, 3.05) is 11.9 Å². The fourth-order valence-corrected chi connectivity index (χ4v) is 2.68. The molecule has 0 atom stereocenters. The van der Waals surface area contributed by atoms with E-state index in [4.69, 9.17) is 9.15 Å². The Morgan fingerprint density at radius 2 is 2.12 bits per heavy atom. The first-order valence-corrected chi connectivity index (χ1v) is 7.83. The third kappa shape index (κ3) is 3.49. The molecule has 8 heteroatoms. The topological polar surface area (TPSA) is 98.5 Å². The van der Waals surface area contributed by atoms with Gasteiger partial charge in [0.1, 0.15) is 5.58 Å². The smallest absolute Gasteiger partial charge is 0.374 e. The van der Waals surface area contributed by atoms with Crippen LogP contribution in [0.1, 0.15) is 16.2 Å². The van der Waals surface area contributed by atoms with E-state index in [2.05, 4.69) is 10.3 Å². The Labute approximate surface area is 139 Å². The number of amides is 1. The third-order valence-corrected chi connectivity index (χ3v) is 3.91. The van der Waals surface area contributed by atoms with E-state index in [-0.39, 0.29) is 16.8 Å². The van der Waals surface area contributed by atoms with Crippen LogP contribution in [0.25, 0.3) is 11.0 Å². The second-order valence-corrected chi connectivity index (χ2v) is 5.75. The van der Waals surface area contributed by atoms with Crippen molar-refractivity contribution in [3.63, 3.8) is 0 Å². The van der Waals surface area contributed by atoms with Crippen LogP contribution in [0.3, 0.4) is 0 Å². The molecule has 0 aliphatic heterocycles. The van der Waals surface area contributed by atoms with Crippen molar-refractivity contribution in [3.8, 4) is 0 Å². The highest BCUT2D eigenvalue weighted by atomic mass is 32.1. The third-order valence-electron chi connectivity index (χ3n) is 3.04. The minimum Gasteiger partial charge on any atom is -0.450 e. The van der Waals surface area contributed by atoms with Crippen molar-refractivity contribution in [2.45, 2.75) is 6.92 Å². The number of nitrogens with zero attached hydrogens (tertiary/aromatic N) is 1. The van der Waals surface area contributed by atoms with Gasteiger partial charge in [-0.15, -0.1) is 11.3 Å². The summed E-state index contributed by atoms with van der Waals surface area (Å²) in [6.45, 7) is 1.29. The first-order chi connectivity index (χ1) is 11.5. The van der Waals surface area contributed by atoms with E-state index < -0.39 is 18.5 Å². The van der Waals surface area contributed by atoms with E-state index in [1.165, 1.54) is 11.3 Å². The molecule has 1 N–H and O–H groups in total. The lowest BCUT2D eigenvalue weighted by Crippen LogP contribution is -2.21. The van der Waals surface area contributed by atoms with Gasteiger partial charge in [0.2, 0.25) is 5.76 Å². The number of esters is 1. The second kappa shape index (κ2) is 6.63. The maximum Gasteiger partial charge on any atom is 0.374 e. The number of hydrogen-bond donors (Lipinski definition) is 1. The van der Waals surface area contributed by atoms with Crippen LogP contribution in [0.2, 0.25) is 0 Å². The van der Waals surface area contributed by atoms with Gasteiger partial charge in [-0.05, 0) is 19.1 Å². The number of aromatic nitrogens is 1. The first kappa shape index (κ1) is 15.9. The number of ether oxygens (including phenoxy) is 1. The molecule has 1 aromatic carbocycles. The number of aryl methyl sites for hydroxylation is 1. The highest BCUT2D eigenvalue weighted by Crippen LogP contribution is 2.14. The summed E-state index contributed by atoms with van der Waals surface area (Å²) >= 11 is 1.27. The highest BCUT2D eigenvalue weighted by Gasteiger charge is 2.15. The summed E-state index contributed by atoms with van der Waals surface area (Å²) in [4.78, 5) is 39.7. The zero-order valence-electron chi connectivity index (χ0n) is 12.6. The number of nitrogens with one attached hydrogen (secondary N) is 1. The molecule has 24 heavy (non-hydrogen) atoms. The number of benzene rings is 1. The number of rotatable bonds is 4. The van der Waals surface area contributed by atoms with Gasteiger partial charge in [-0.25, -0.2) is 9.78 Å². The van der Waals surface area contributed by atoms with E-state index >= 15 is 0 Å². The molecule has 0 bridgehead atoms. The van der Waals surface area contributed by atoms with E-state index in [9.17, 15) is 14.4 Å². The standard InChI is InChI=1S/C16H12N2O5S/c1-9-8-24-16(17-9)18-14(20)7-22-15(21)13-6-11(19)10-4-2-3-5-12(10)23-13/h2-6,8H,7H2,1H3,(H,17,18,20). The van der Waals surface area contributed by atoms with Crippen molar-refractivity contribution in [1.29, 1.82) is 0 Å². The summed E-state index contributed by atoms with van der Waals surface area (Å²) in [6, 6.07) is 7.60. The SMILES string of the molecule is Cc1csc(NC(=O)COC(=O)c2cc(=O)c3ccccc3o2)n1. The van der Waals surface area contributed by atoms with Gasteiger partial charge in [0.05, 0.1) is 11.1 Å². The number of anilines is 1. The number of carbonyl (C=O) groups is 2. The molecule has 3 rings (SSSR count). The van der Waals surface area contributed by atoms with Crippen LogP contribution in [0, 0.1) is 6.92 Å². The van der Waals surface area contributed by atoms with Crippen LogP contribution < -0.4 is 10.7 Å². The van der Waals surface area contributed by atoms with Crippen LogP contribution >= 0.6 is 11.3 Å². The average molecular weight is 344 g/mol. The zero-order valence-corrected chi connectivity index (χ0v) is 13.4. The minimum absolute atomic E-state index is 0.253. The summed E-state index contributed by atoms with van der Waals surface area (Å²) in [5.74, 6) is -1.67. The van der Waals surface area contributed by atoms with Crippen molar-refractivity contribution < 1.29 is 18.7 Å². The summed E-state index contributed by atoms with van der Waals surface area (Å²) in [6.07, 6.45) is 0. The van der Waals surface area contributed by atoms with Crippen LogP contribution in [0.15, 0.2) is 44.9 Å². The zero-order chi connectivity index (χ0) is 17.1. The Morgan fingerprint density at radius 1 is 1.33 bits per heavy atom. The van der Waals surface area contributed by atoms with Gasteiger partial charge in [-0.3, -0.25) is 14.9 Å². The second-order valence-electron chi connectivity index (χ2n) is 4.89. The van der Waals surface area contributed by atoms with E-state index in [0.29, 0.717) is 10.5 Å². The maximum atomic E-state index is 12.0. The highest BCUT2D eigenvalue weighted by molar-refractivity contribution is 7.13. The average Bonchev–Trinajstić information content (AvgIpc) is 2.97. The number of fused-ring (bicyclic) bond motifs is 1. The van der Waals surface area contributed by atoms with Gasteiger partial charge < -0.3 is 9.15 Å². The lowest BCUT2D eigenvalue weighted by atomic mass is 10.2. The van der Waals surface area contributed by atoms with Gasteiger partial charge >= 0.3 is 5.97 Å². The monoisotopic (exact) mass is 344 g/mol. The fourth-order valence-electron chi connectivity index (χ4n) is 1.97. The molecule has 0 unspecified atom stereocenters. The molecule has 0 saturated heterocycles. The summed E-state index contributed by atoms with van der Waals surface area (Å²) in [7, 11) is 0. The van der Waals surface area contributed by atoms with Gasteiger partial charge in [0, 0.05) is 11.4 Å². The van der Waals surface area contributed by atoms with Gasteiger partial charge in [0.25, 0.3) is 5.91 Å². The van der Waals surface area contributed by atoms with Crippen LogP contribution in [0.4, 0.5) is 5.13 Å². The predicted molar refractivity (Wildman–Crippen MR) is 88.2 cm³/mol. The minimum atomic E-state index is -0.886. The number of carbonyl (C=O) groups excluding carboxylic acids is 2. The van der Waals surface area contributed by atoms with Crippen LogP contribution in [-0.4, -0.2) is 23.5 Å². The molecule has 0 aliphatic rings. The van der Waals surface area contributed by atoms with E-state index in [1.54, 1.807) is 36.6 Å². The van der Waals surface area contributed by atoms with Gasteiger partial charge in [-0.2, -0.15) is 0 Å². The molecule has 0 saturated carbocycles. The van der Waals surface area contributed by atoms with Gasteiger partial charge in [-0.1, -0.05) is 12.1 Å². The molecule has 7 nitrogen and oxygen atoms in total. The molecule has 2 aromatic heterocycles. The fraction of sp³-hybridized carbons (Fsp3) is 0.125. The quantitative estimate of drug-likeness (QED) is 0.730. The Kier molecular flexibility index (Phi) is 4.39. The Balaban J connectivity index is 1.66. The molecule has 1 amide bonds. The Hall–Kier alpha value is -3.00. The molecular formula is C16H12N2O5S. The normalized spacial score (nSPS) is 10.5. The summed E-state index contributed by atoms with van der Waals surface area (Å²) < 4.78 is 10.2. The first-order valence-electron chi connectivity index (χ1n) is 6.95. The van der Waals surface area contributed by atoms with Crippen LogP contribution in [-0.2, 0) is 9.53 Å². The molecule has 0 fully saturated rings. The molecule has 0 spiro atoms. The summed E-state index contributed by atoms with van der Waals surface area (Å²) in [5, 5.41) is 5.08. The molecule has 2 heterocycles. The lowest BCUT2D eigenvalue weighted by Gasteiger charge is -2.05. The molecule has 3 aromatic rings.